The monoisotopic (exact) mass is 287 g/mol. The van der Waals surface area contributed by atoms with E-state index in [9.17, 15) is 14.7 Å². The summed E-state index contributed by atoms with van der Waals surface area (Å²) in [6.45, 7) is 2.59. The molecule has 1 N–H and O–H groups in total. The molecular formula is C17H21NO3. The Bertz CT molecular complexity index is 596. The second-order valence-corrected chi connectivity index (χ2v) is 6.56. The summed E-state index contributed by atoms with van der Waals surface area (Å²) < 4.78 is 0. The second-order valence-electron chi connectivity index (χ2n) is 6.56. The topological polar surface area (TPSA) is 57.6 Å². The fourth-order valence-electron chi connectivity index (χ4n) is 3.37. The lowest BCUT2D eigenvalue weighted by atomic mass is 9.90. The van der Waals surface area contributed by atoms with Crippen LogP contribution >= 0.6 is 0 Å². The highest BCUT2D eigenvalue weighted by Crippen LogP contribution is 2.30. The largest absolute Gasteiger partial charge is 0.481 e. The molecular weight excluding hydrogens is 266 g/mol. The van der Waals surface area contributed by atoms with Gasteiger partial charge in [-0.1, -0.05) is 18.2 Å². The number of likely N-dealkylation sites (tertiary alicyclic amines) is 1. The minimum Gasteiger partial charge on any atom is -0.481 e. The molecule has 0 radical (unpaired) electrons. The summed E-state index contributed by atoms with van der Waals surface area (Å²) in [5.41, 5.74) is 3.04. The number of hydrogen-bond acceptors (Lipinski definition) is 2. The van der Waals surface area contributed by atoms with Crippen LogP contribution in [0.3, 0.4) is 0 Å². The maximum atomic E-state index is 12.4. The number of fused-ring (bicyclic) bond motifs is 1. The van der Waals surface area contributed by atoms with Crippen molar-refractivity contribution in [1.29, 1.82) is 0 Å². The number of rotatable bonds is 3. The van der Waals surface area contributed by atoms with Crippen LogP contribution in [0, 0.1) is 5.41 Å². The number of hydrogen-bond donors (Lipinski definition) is 1. The molecule has 2 aliphatic rings. The number of amides is 1. The molecule has 1 heterocycles. The maximum absolute atomic E-state index is 12.4. The average Bonchev–Trinajstić information content (AvgIpc) is 3.05. The minimum absolute atomic E-state index is 0.0397. The lowest BCUT2D eigenvalue weighted by molar-refractivity contribution is -0.147. The normalized spacial score (nSPS) is 24.1. The van der Waals surface area contributed by atoms with Crippen LogP contribution in [0.2, 0.25) is 0 Å². The Morgan fingerprint density at radius 2 is 2.05 bits per heavy atom. The molecule has 1 aromatic rings. The van der Waals surface area contributed by atoms with E-state index >= 15 is 0 Å². The van der Waals surface area contributed by atoms with Crippen LogP contribution in [-0.4, -0.2) is 35.0 Å². The van der Waals surface area contributed by atoms with Crippen molar-refractivity contribution in [3.05, 3.63) is 34.9 Å². The van der Waals surface area contributed by atoms with Crippen LogP contribution < -0.4 is 0 Å². The van der Waals surface area contributed by atoms with Gasteiger partial charge in [0.1, 0.15) is 0 Å². The fourth-order valence-corrected chi connectivity index (χ4v) is 3.37. The van der Waals surface area contributed by atoms with Crippen molar-refractivity contribution in [1.82, 2.24) is 4.90 Å². The van der Waals surface area contributed by atoms with Crippen molar-refractivity contribution in [2.45, 2.75) is 39.0 Å². The van der Waals surface area contributed by atoms with E-state index in [-0.39, 0.29) is 5.91 Å². The van der Waals surface area contributed by atoms with Gasteiger partial charge in [0.15, 0.2) is 0 Å². The van der Waals surface area contributed by atoms with Gasteiger partial charge in [0.05, 0.1) is 11.8 Å². The van der Waals surface area contributed by atoms with Crippen LogP contribution in [0.15, 0.2) is 18.2 Å². The first-order chi connectivity index (χ1) is 9.98. The molecule has 3 rings (SSSR count). The molecule has 1 aliphatic heterocycles. The Hall–Kier alpha value is -1.84. The van der Waals surface area contributed by atoms with E-state index in [1.54, 1.807) is 11.8 Å². The van der Waals surface area contributed by atoms with Crippen LogP contribution in [-0.2, 0) is 28.9 Å². The maximum Gasteiger partial charge on any atom is 0.311 e. The number of carboxylic acid groups (broad SMARTS) is 1. The van der Waals surface area contributed by atoms with Crippen molar-refractivity contribution in [2.24, 2.45) is 5.41 Å². The first-order valence-electron chi connectivity index (χ1n) is 7.60. The van der Waals surface area contributed by atoms with Crippen molar-refractivity contribution in [3.63, 3.8) is 0 Å². The van der Waals surface area contributed by atoms with Gasteiger partial charge < -0.3 is 10.0 Å². The summed E-state index contributed by atoms with van der Waals surface area (Å²) in [7, 11) is 0. The highest BCUT2D eigenvalue weighted by molar-refractivity contribution is 5.82. The zero-order valence-electron chi connectivity index (χ0n) is 12.4. The Morgan fingerprint density at radius 3 is 2.76 bits per heavy atom. The highest BCUT2D eigenvalue weighted by Gasteiger charge is 2.41. The molecule has 1 aromatic carbocycles. The predicted molar refractivity (Wildman–Crippen MR) is 79.1 cm³/mol. The van der Waals surface area contributed by atoms with Crippen LogP contribution in [0.4, 0.5) is 0 Å². The lowest BCUT2D eigenvalue weighted by Gasteiger charge is -2.20. The van der Waals surface area contributed by atoms with Crippen LogP contribution in [0.25, 0.3) is 0 Å². The van der Waals surface area contributed by atoms with Gasteiger partial charge in [0.2, 0.25) is 5.91 Å². The molecule has 1 amide bonds. The van der Waals surface area contributed by atoms with E-state index in [0.29, 0.717) is 25.9 Å². The molecule has 4 heteroatoms. The van der Waals surface area contributed by atoms with E-state index in [2.05, 4.69) is 12.1 Å². The van der Waals surface area contributed by atoms with Crippen molar-refractivity contribution < 1.29 is 14.7 Å². The van der Waals surface area contributed by atoms with Crippen LogP contribution in [0.1, 0.15) is 36.5 Å². The molecule has 0 unspecified atom stereocenters. The molecule has 0 saturated carbocycles. The van der Waals surface area contributed by atoms with Gasteiger partial charge in [-0.25, -0.2) is 0 Å². The van der Waals surface area contributed by atoms with E-state index < -0.39 is 11.4 Å². The molecule has 0 spiro atoms. The SMILES string of the molecule is C[C@]1(C(=O)O)CCN(C(=O)Cc2ccc3c(c2)CCC3)C1. The zero-order valence-corrected chi connectivity index (χ0v) is 12.4. The minimum atomic E-state index is -0.810. The molecule has 112 valence electrons. The summed E-state index contributed by atoms with van der Waals surface area (Å²) in [4.78, 5) is 25.3. The summed E-state index contributed by atoms with van der Waals surface area (Å²) in [6, 6.07) is 6.32. The molecule has 21 heavy (non-hydrogen) atoms. The summed E-state index contributed by atoms with van der Waals surface area (Å²) >= 11 is 0. The average molecular weight is 287 g/mol. The van der Waals surface area contributed by atoms with Gasteiger partial charge >= 0.3 is 5.97 Å². The quantitative estimate of drug-likeness (QED) is 0.925. The Balaban J connectivity index is 1.66. The van der Waals surface area contributed by atoms with E-state index in [1.807, 2.05) is 6.07 Å². The van der Waals surface area contributed by atoms with Gasteiger partial charge in [0.25, 0.3) is 0 Å². The third-order valence-electron chi connectivity index (χ3n) is 4.86. The van der Waals surface area contributed by atoms with Gasteiger partial charge in [-0.3, -0.25) is 9.59 Å². The Labute approximate surface area is 124 Å². The summed E-state index contributed by atoms with van der Waals surface area (Å²) in [5.74, 6) is -0.770. The zero-order chi connectivity index (χ0) is 15.0. The number of aliphatic carboxylic acids is 1. The summed E-state index contributed by atoms with van der Waals surface area (Å²) in [5, 5.41) is 9.23. The fraction of sp³-hybridized carbons (Fsp3) is 0.529. The van der Waals surface area contributed by atoms with Gasteiger partial charge in [-0.2, -0.15) is 0 Å². The highest BCUT2D eigenvalue weighted by atomic mass is 16.4. The molecule has 1 fully saturated rings. The number of nitrogens with zero attached hydrogens (tertiary/aromatic N) is 1. The van der Waals surface area contributed by atoms with Crippen molar-refractivity contribution in [3.8, 4) is 0 Å². The van der Waals surface area contributed by atoms with Gasteiger partial charge in [0, 0.05) is 13.1 Å². The van der Waals surface area contributed by atoms with E-state index in [0.717, 1.165) is 18.4 Å². The molecule has 0 aromatic heterocycles. The number of aryl methyl sites for hydroxylation is 2. The van der Waals surface area contributed by atoms with Crippen LogP contribution in [0.5, 0.6) is 0 Å². The second kappa shape index (κ2) is 5.17. The lowest BCUT2D eigenvalue weighted by Crippen LogP contribution is -2.35. The Morgan fingerprint density at radius 1 is 1.29 bits per heavy atom. The van der Waals surface area contributed by atoms with Crippen molar-refractivity contribution in [2.75, 3.05) is 13.1 Å². The molecule has 4 nitrogen and oxygen atoms in total. The molecule has 1 saturated heterocycles. The smallest absolute Gasteiger partial charge is 0.311 e. The Kier molecular flexibility index (Phi) is 3.47. The summed E-state index contributed by atoms with van der Waals surface area (Å²) in [6.07, 6.45) is 4.38. The van der Waals surface area contributed by atoms with Gasteiger partial charge in [-0.05, 0) is 49.3 Å². The number of carbonyl (C=O) groups is 2. The number of benzene rings is 1. The number of carbonyl (C=O) groups excluding carboxylic acids is 1. The standard InChI is InChI=1S/C17H21NO3/c1-17(16(20)21)7-8-18(11-17)15(19)10-12-5-6-13-3-2-4-14(13)9-12/h5-6,9H,2-4,7-8,10-11H2,1H3,(H,20,21)/t17-/m0/s1. The molecule has 1 atom stereocenters. The van der Waals surface area contributed by atoms with Gasteiger partial charge in [-0.15, -0.1) is 0 Å². The predicted octanol–water partition coefficient (Wildman–Crippen LogP) is 2.04. The first-order valence-corrected chi connectivity index (χ1v) is 7.60. The van der Waals surface area contributed by atoms with Crippen molar-refractivity contribution >= 4 is 11.9 Å². The van der Waals surface area contributed by atoms with E-state index in [4.69, 9.17) is 0 Å². The molecule has 1 aliphatic carbocycles. The number of carboxylic acids is 1. The third kappa shape index (κ3) is 2.67. The first kappa shape index (κ1) is 14.1. The third-order valence-corrected chi connectivity index (χ3v) is 4.86. The molecule has 0 bridgehead atoms. The van der Waals surface area contributed by atoms with E-state index in [1.165, 1.54) is 17.5 Å².